The van der Waals surface area contributed by atoms with Gasteiger partial charge in [-0.3, -0.25) is 0 Å². The third-order valence-corrected chi connectivity index (χ3v) is 17.9. The summed E-state index contributed by atoms with van der Waals surface area (Å²) >= 11 is 2.80. The van der Waals surface area contributed by atoms with Crippen LogP contribution in [0.15, 0.2) is 105 Å². The van der Waals surface area contributed by atoms with Crippen LogP contribution in [0.4, 0.5) is 22.7 Å². The van der Waals surface area contributed by atoms with E-state index in [0.717, 1.165) is 88.4 Å². The van der Waals surface area contributed by atoms with Crippen molar-refractivity contribution in [1.29, 1.82) is 0 Å². The van der Waals surface area contributed by atoms with E-state index in [1.807, 2.05) is 85.3 Å². The number of aliphatic hydroxyl groups is 2. The van der Waals surface area contributed by atoms with Crippen LogP contribution in [0.1, 0.15) is 105 Å². The van der Waals surface area contributed by atoms with Gasteiger partial charge in [0.1, 0.15) is 34.5 Å². The number of hydrogen-bond acceptors (Lipinski definition) is 16. The van der Waals surface area contributed by atoms with Gasteiger partial charge in [-0.2, -0.15) is 0 Å². The summed E-state index contributed by atoms with van der Waals surface area (Å²) in [6.07, 6.45) is 11.1. The highest BCUT2D eigenvalue weighted by Gasteiger charge is 2.44. The summed E-state index contributed by atoms with van der Waals surface area (Å²) < 4.78 is 82.6. The number of sulfonamides is 2. The summed E-state index contributed by atoms with van der Waals surface area (Å²) in [6.45, 7) is 8.73. The van der Waals surface area contributed by atoms with Crippen LogP contribution >= 0.6 is 23.5 Å². The number of benzene rings is 4. The van der Waals surface area contributed by atoms with Crippen LogP contribution in [0.5, 0.6) is 11.5 Å². The highest BCUT2D eigenvalue weighted by molar-refractivity contribution is 7.99. The van der Waals surface area contributed by atoms with Gasteiger partial charge in [-0.25, -0.2) is 35.9 Å². The second kappa shape index (κ2) is 28.0. The zero-order valence-electron chi connectivity index (χ0n) is 44.1. The van der Waals surface area contributed by atoms with E-state index in [9.17, 15) is 36.6 Å². The molecule has 74 heavy (non-hydrogen) atoms. The van der Waals surface area contributed by atoms with Gasteiger partial charge in [-0.05, 0) is 74.6 Å². The van der Waals surface area contributed by atoms with Crippen LogP contribution in [-0.2, 0) is 39.1 Å². The smallest absolute Gasteiger partial charge is 0.338 e. The fourth-order valence-corrected chi connectivity index (χ4v) is 13.6. The molecule has 0 aliphatic carbocycles. The number of rotatable bonds is 24. The summed E-state index contributed by atoms with van der Waals surface area (Å²) in [5, 5.41) is 20.0. The quantitative estimate of drug-likeness (QED) is 0.0380. The average Bonchev–Trinajstić information content (AvgIpc) is 3.57. The molecule has 20 heteroatoms. The number of fused-ring (bicyclic) bond motifs is 2. The van der Waals surface area contributed by atoms with E-state index < -0.39 is 55.3 Å². The standard InChI is InChI=1S/2C27H38N2O6S2/c2*1-5-7-14-27(15-8-6-2)19-29(20-12-10-9-11-13-20)21-16-24(36-4)23(17-25(21)37(32,33)28-27)35-18-22(30)26(31)34-3/h2*9-13,16-17,22,28,30H,5-8,14-15,18-19H2,1-4H3/t2*22-/m10/s1. The first kappa shape index (κ1) is 60.3. The van der Waals surface area contributed by atoms with Gasteiger partial charge in [0.15, 0.2) is 12.2 Å². The Hall–Kier alpha value is -4.54. The van der Waals surface area contributed by atoms with Crippen LogP contribution in [0.3, 0.4) is 0 Å². The Morgan fingerprint density at radius 1 is 0.581 bits per heavy atom. The molecule has 408 valence electrons. The third kappa shape index (κ3) is 15.3. The molecule has 6 rings (SSSR count). The van der Waals surface area contributed by atoms with Crippen molar-refractivity contribution >= 4 is 78.3 Å². The summed E-state index contributed by atoms with van der Waals surface area (Å²) in [7, 11) is -5.50. The molecule has 2 aliphatic heterocycles. The van der Waals surface area contributed by atoms with Gasteiger partial charge in [0.05, 0.1) is 46.5 Å². The number of anilines is 4. The molecule has 0 fully saturated rings. The van der Waals surface area contributed by atoms with Crippen molar-refractivity contribution in [2.24, 2.45) is 0 Å². The molecule has 4 aromatic rings. The summed E-state index contributed by atoms with van der Waals surface area (Å²) in [4.78, 5) is 29.1. The first-order valence-electron chi connectivity index (χ1n) is 25.3. The first-order chi connectivity index (χ1) is 35.4. The lowest BCUT2D eigenvalue weighted by Gasteiger charge is -2.37. The Labute approximate surface area is 447 Å². The first-order valence-corrected chi connectivity index (χ1v) is 30.8. The fraction of sp³-hybridized carbons (Fsp3) is 0.519. The van der Waals surface area contributed by atoms with E-state index in [1.54, 1.807) is 0 Å². The molecule has 0 saturated heterocycles. The van der Waals surface area contributed by atoms with Crippen LogP contribution in [0, 0.1) is 0 Å². The van der Waals surface area contributed by atoms with Gasteiger partial charge < -0.3 is 39.0 Å². The predicted molar refractivity (Wildman–Crippen MR) is 295 cm³/mol. The number of nitrogens with one attached hydrogen (secondary N) is 2. The molecule has 0 spiro atoms. The molecule has 16 nitrogen and oxygen atoms in total. The van der Waals surface area contributed by atoms with Crippen LogP contribution in [0.2, 0.25) is 0 Å². The van der Waals surface area contributed by atoms with E-state index in [1.165, 1.54) is 49.9 Å². The normalized spacial score (nSPS) is 16.9. The molecule has 4 N–H and O–H groups in total. The molecule has 0 amide bonds. The molecule has 2 heterocycles. The van der Waals surface area contributed by atoms with Gasteiger partial charge in [-0.1, -0.05) is 115 Å². The Morgan fingerprint density at radius 3 is 1.19 bits per heavy atom. The van der Waals surface area contributed by atoms with Crippen molar-refractivity contribution in [1.82, 2.24) is 9.44 Å². The second-order valence-electron chi connectivity index (χ2n) is 18.7. The number of carbonyl (C=O) groups excluding carboxylic acids is 2. The van der Waals surface area contributed by atoms with Crippen molar-refractivity contribution in [3.8, 4) is 11.5 Å². The maximum atomic E-state index is 13.9. The van der Waals surface area contributed by atoms with E-state index in [0.29, 0.717) is 34.3 Å². The van der Waals surface area contributed by atoms with Crippen LogP contribution in [0.25, 0.3) is 0 Å². The maximum absolute atomic E-state index is 13.9. The van der Waals surface area contributed by atoms with E-state index >= 15 is 0 Å². The third-order valence-electron chi connectivity index (χ3n) is 13.2. The molecule has 0 aromatic heterocycles. The molecule has 0 unspecified atom stereocenters. The number of para-hydroxylation sites is 2. The molecule has 4 aromatic carbocycles. The van der Waals surface area contributed by atoms with Crippen molar-refractivity contribution in [2.75, 3.05) is 62.8 Å². The summed E-state index contributed by atoms with van der Waals surface area (Å²) in [5.74, 6) is -1.08. The van der Waals surface area contributed by atoms with Gasteiger partial charge in [0.2, 0.25) is 20.0 Å². The maximum Gasteiger partial charge on any atom is 0.338 e. The lowest BCUT2D eigenvalue weighted by molar-refractivity contribution is -0.152. The lowest BCUT2D eigenvalue weighted by atomic mass is 9.87. The number of esters is 2. The Balaban J connectivity index is 0.000000274. The van der Waals surface area contributed by atoms with Crippen molar-refractivity contribution < 1.29 is 55.6 Å². The highest BCUT2D eigenvalue weighted by atomic mass is 32.2. The minimum atomic E-state index is -3.93. The number of unbranched alkanes of at least 4 members (excludes halogenated alkanes) is 4. The highest BCUT2D eigenvalue weighted by Crippen LogP contribution is 2.46. The molecule has 2 aliphatic rings. The van der Waals surface area contributed by atoms with Crippen LogP contribution < -0.4 is 28.7 Å². The largest absolute Gasteiger partial charge is 0.489 e. The zero-order valence-corrected chi connectivity index (χ0v) is 47.3. The predicted octanol–water partition coefficient (Wildman–Crippen LogP) is 9.74. The van der Waals surface area contributed by atoms with Gasteiger partial charge in [-0.15, -0.1) is 23.5 Å². The summed E-state index contributed by atoms with van der Waals surface area (Å²) in [6, 6.07) is 26.3. The molecule has 0 saturated carbocycles. The van der Waals surface area contributed by atoms with Gasteiger partial charge in [0, 0.05) is 36.6 Å². The zero-order chi connectivity index (χ0) is 54.1. The molecule has 2 atom stereocenters. The number of nitrogens with zero attached hydrogens (tertiary/aromatic N) is 2. The number of hydrogen-bond donors (Lipinski definition) is 4. The minimum absolute atomic E-state index is 0.103. The Bertz CT molecular complexity index is 2480. The SMILES string of the molecule is CCCCC1(CCCC)CN(c2ccccc2)c2cc(SC)c(OC[C@@H](O)C(=O)OC)cc2S(=O)(=O)N1.CCCCC1(CCCC)CN(c2ccccc2)c2cc(SC)c(OC[C@H](O)C(=O)OC)cc2S(=O)(=O)N1. The topological polar surface area (TPSA) is 210 Å². The average molecular weight is 1100 g/mol. The monoisotopic (exact) mass is 1100 g/mol. The molecular weight excluding hydrogens is 1020 g/mol. The molecule has 0 radical (unpaired) electrons. The molecule has 0 bridgehead atoms. The second-order valence-corrected chi connectivity index (χ2v) is 23.7. The van der Waals surface area contributed by atoms with Crippen molar-refractivity contribution in [3.63, 3.8) is 0 Å². The summed E-state index contributed by atoms with van der Waals surface area (Å²) in [5.41, 5.74) is 1.67. The Morgan fingerprint density at radius 2 is 0.905 bits per heavy atom. The van der Waals surface area contributed by atoms with Crippen molar-refractivity contribution in [2.45, 2.75) is 148 Å². The number of ether oxygens (including phenoxy) is 4. The number of methoxy groups -OCH3 is 2. The Kier molecular flexibility index (Phi) is 22.8. The van der Waals surface area contributed by atoms with E-state index in [2.05, 4.69) is 56.4 Å². The van der Waals surface area contributed by atoms with E-state index in [4.69, 9.17) is 9.47 Å². The fourth-order valence-electron chi connectivity index (χ4n) is 9.23. The van der Waals surface area contributed by atoms with Gasteiger partial charge >= 0.3 is 11.9 Å². The number of thioether (sulfide) groups is 2. The molecular formula is C54H76N4O12S4. The van der Waals surface area contributed by atoms with Crippen LogP contribution in [-0.4, -0.2) is 115 Å². The number of carbonyl (C=O) groups is 2. The lowest BCUT2D eigenvalue weighted by Crippen LogP contribution is -2.53. The number of aliphatic hydroxyl groups excluding tert-OH is 2. The minimum Gasteiger partial charge on any atom is -0.489 e. The van der Waals surface area contributed by atoms with Crippen molar-refractivity contribution in [3.05, 3.63) is 84.9 Å². The van der Waals surface area contributed by atoms with Gasteiger partial charge in [0.25, 0.3) is 0 Å². The van der Waals surface area contributed by atoms with E-state index in [-0.39, 0.29) is 34.5 Å².